The van der Waals surface area contributed by atoms with Crippen LogP contribution in [-0.4, -0.2) is 20.8 Å². The van der Waals surface area contributed by atoms with Crippen LogP contribution in [0.3, 0.4) is 0 Å². The van der Waals surface area contributed by atoms with Crippen molar-refractivity contribution < 1.29 is 0 Å². The predicted molar refractivity (Wildman–Crippen MR) is 240 cm³/mol. The SMILES string of the molecule is CC1(C)c2cc3c4cc(-c5ccc6c(c5)c5ccccc5n6-c5ccccc5)ccc4n(C4=NC5=CC=CCC5C(c5ccccc5)=N4)c3cc2C(C)(C)C1(C)C. The average molecular weight is 739 g/mol. The van der Waals surface area contributed by atoms with Crippen LogP contribution in [0.5, 0.6) is 0 Å². The van der Waals surface area contributed by atoms with Crippen LogP contribution in [0.25, 0.3) is 60.4 Å². The number of para-hydroxylation sites is 2. The van der Waals surface area contributed by atoms with Crippen molar-refractivity contribution in [2.45, 2.75) is 58.8 Å². The first-order valence-electron chi connectivity index (χ1n) is 20.4. The smallest absolute Gasteiger partial charge is 0.235 e. The van der Waals surface area contributed by atoms with E-state index in [1.54, 1.807) is 0 Å². The fourth-order valence-electron chi connectivity index (χ4n) is 10.2. The second-order valence-corrected chi connectivity index (χ2v) is 17.9. The first-order chi connectivity index (χ1) is 27.5. The third-order valence-corrected chi connectivity index (χ3v) is 14.6. The van der Waals surface area contributed by atoms with Crippen molar-refractivity contribution in [1.82, 2.24) is 9.13 Å². The Morgan fingerprint density at radius 3 is 1.81 bits per heavy atom. The van der Waals surface area contributed by atoms with Gasteiger partial charge in [-0.25, -0.2) is 9.98 Å². The molecule has 3 aliphatic rings. The minimum atomic E-state index is -0.0462. The van der Waals surface area contributed by atoms with Gasteiger partial charge >= 0.3 is 0 Å². The Balaban J connectivity index is 1.17. The molecule has 4 nitrogen and oxygen atoms in total. The van der Waals surface area contributed by atoms with Gasteiger partial charge in [0.25, 0.3) is 0 Å². The molecule has 2 aliphatic carbocycles. The molecule has 0 saturated carbocycles. The molecule has 4 heteroatoms. The first kappa shape index (κ1) is 34.0. The van der Waals surface area contributed by atoms with Crippen molar-refractivity contribution in [2.75, 3.05) is 0 Å². The third-order valence-electron chi connectivity index (χ3n) is 14.6. The zero-order valence-electron chi connectivity index (χ0n) is 33.5. The van der Waals surface area contributed by atoms with Gasteiger partial charge in [0.15, 0.2) is 0 Å². The van der Waals surface area contributed by atoms with Gasteiger partial charge in [-0.2, -0.15) is 0 Å². The summed E-state index contributed by atoms with van der Waals surface area (Å²) in [6.07, 6.45) is 7.45. The minimum absolute atomic E-state index is 0.0302. The van der Waals surface area contributed by atoms with E-state index in [0.717, 1.165) is 40.4 Å². The Kier molecular flexibility index (Phi) is 7.09. The molecule has 6 aromatic carbocycles. The quantitative estimate of drug-likeness (QED) is 0.173. The summed E-state index contributed by atoms with van der Waals surface area (Å²) in [5, 5.41) is 4.97. The number of hydrogen-bond acceptors (Lipinski definition) is 2. The molecule has 3 heterocycles. The molecule has 57 heavy (non-hydrogen) atoms. The molecule has 0 saturated heterocycles. The number of fused-ring (bicyclic) bond motifs is 8. The molecule has 278 valence electrons. The number of aromatic nitrogens is 2. The zero-order valence-corrected chi connectivity index (χ0v) is 33.5. The average Bonchev–Trinajstić information content (AvgIpc) is 3.77. The lowest BCUT2D eigenvalue weighted by atomic mass is 9.59. The Bertz CT molecular complexity index is 3110. The highest BCUT2D eigenvalue weighted by Gasteiger charge is 2.57. The van der Waals surface area contributed by atoms with Crippen molar-refractivity contribution in [2.24, 2.45) is 21.3 Å². The van der Waals surface area contributed by atoms with Crippen LogP contribution in [0.1, 0.15) is 64.7 Å². The van der Waals surface area contributed by atoms with Gasteiger partial charge in [0.2, 0.25) is 5.96 Å². The van der Waals surface area contributed by atoms with Gasteiger partial charge in [0.05, 0.1) is 33.5 Å². The molecule has 1 unspecified atom stereocenters. The fourth-order valence-corrected chi connectivity index (χ4v) is 10.2. The maximum atomic E-state index is 5.49. The van der Waals surface area contributed by atoms with Gasteiger partial charge in [-0.3, -0.25) is 4.57 Å². The lowest BCUT2D eigenvalue weighted by Gasteiger charge is -2.44. The topological polar surface area (TPSA) is 34.6 Å². The van der Waals surface area contributed by atoms with Crippen molar-refractivity contribution >= 4 is 55.3 Å². The molecule has 0 radical (unpaired) electrons. The highest BCUT2D eigenvalue weighted by atomic mass is 15.2. The summed E-state index contributed by atoms with van der Waals surface area (Å²) in [6, 6.07) is 49.1. The van der Waals surface area contributed by atoms with Gasteiger partial charge in [-0.15, -0.1) is 0 Å². The number of nitrogens with zero attached hydrogens (tertiary/aromatic N) is 4. The summed E-state index contributed by atoms with van der Waals surface area (Å²) in [5.74, 6) is 0.859. The van der Waals surface area contributed by atoms with E-state index in [4.69, 9.17) is 9.98 Å². The number of allylic oxidation sites excluding steroid dienone is 4. The zero-order chi connectivity index (χ0) is 38.8. The van der Waals surface area contributed by atoms with Crippen molar-refractivity contribution in [1.29, 1.82) is 0 Å². The van der Waals surface area contributed by atoms with E-state index < -0.39 is 0 Å². The Morgan fingerprint density at radius 1 is 0.509 bits per heavy atom. The molecular weight excluding hydrogens is 693 g/mol. The molecular formula is C53H46N4. The van der Waals surface area contributed by atoms with E-state index in [1.807, 2.05) is 0 Å². The Labute approximate surface area is 334 Å². The van der Waals surface area contributed by atoms with Crippen LogP contribution in [0.15, 0.2) is 167 Å². The van der Waals surface area contributed by atoms with E-state index >= 15 is 0 Å². The molecule has 2 aromatic heterocycles. The van der Waals surface area contributed by atoms with E-state index in [9.17, 15) is 0 Å². The number of rotatable bonds is 3. The monoisotopic (exact) mass is 738 g/mol. The second kappa shape index (κ2) is 11.9. The van der Waals surface area contributed by atoms with Gasteiger partial charge in [0, 0.05) is 33.2 Å². The van der Waals surface area contributed by atoms with Gasteiger partial charge in [-0.1, -0.05) is 133 Å². The Morgan fingerprint density at radius 2 is 1.09 bits per heavy atom. The summed E-state index contributed by atoms with van der Waals surface area (Å²) in [5.41, 5.74) is 14.4. The maximum absolute atomic E-state index is 5.49. The summed E-state index contributed by atoms with van der Waals surface area (Å²) in [7, 11) is 0. The van der Waals surface area contributed by atoms with E-state index in [1.165, 1.54) is 60.5 Å². The van der Waals surface area contributed by atoms with Crippen LogP contribution in [-0.2, 0) is 10.8 Å². The van der Waals surface area contributed by atoms with Crippen molar-refractivity contribution in [3.05, 3.63) is 174 Å². The Hall–Kier alpha value is -6.26. The number of hydrogen-bond donors (Lipinski definition) is 0. The molecule has 11 rings (SSSR count). The first-order valence-corrected chi connectivity index (χ1v) is 20.4. The maximum Gasteiger partial charge on any atom is 0.235 e. The largest absolute Gasteiger partial charge is 0.309 e. The fraction of sp³-hybridized carbons (Fsp3) is 0.208. The van der Waals surface area contributed by atoms with Gasteiger partial charge in [-0.05, 0) is 111 Å². The lowest BCUT2D eigenvalue weighted by Crippen LogP contribution is -2.42. The molecule has 8 aromatic rings. The molecule has 0 bridgehead atoms. The lowest BCUT2D eigenvalue weighted by molar-refractivity contribution is 0.125. The molecule has 0 spiro atoms. The summed E-state index contributed by atoms with van der Waals surface area (Å²) in [4.78, 5) is 10.9. The standard InChI is InChI=1S/C53H46N4/c1-51(2)42-31-41-40-30-35(34-25-27-46-39(29-34)37-21-14-16-24-45(37)56(46)36-19-11-8-12-20-36)26-28-47(40)57(48(41)32-43(42)52(3,4)53(51,5)6)50-54-44-23-15-13-22-38(44)49(55-50)33-17-9-7-10-18-33/h7-21,23-32,38H,22H2,1-6H3. The predicted octanol–water partition coefficient (Wildman–Crippen LogP) is 13.3. The van der Waals surface area contributed by atoms with Crippen LogP contribution in [0, 0.1) is 11.3 Å². The molecule has 1 aliphatic heterocycles. The van der Waals surface area contributed by atoms with E-state index in [2.05, 4.69) is 202 Å². The highest BCUT2D eigenvalue weighted by Crippen LogP contribution is 2.62. The molecule has 1 atom stereocenters. The summed E-state index contributed by atoms with van der Waals surface area (Å²) in [6.45, 7) is 14.6. The van der Waals surface area contributed by atoms with E-state index in [-0.39, 0.29) is 22.2 Å². The third kappa shape index (κ3) is 4.67. The van der Waals surface area contributed by atoms with Crippen LogP contribution >= 0.6 is 0 Å². The van der Waals surface area contributed by atoms with E-state index in [0.29, 0.717) is 0 Å². The van der Waals surface area contributed by atoms with Crippen LogP contribution in [0.4, 0.5) is 0 Å². The van der Waals surface area contributed by atoms with Gasteiger partial charge < -0.3 is 4.57 Å². The summed E-state index contributed by atoms with van der Waals surface area (Å²) >= 11 is 0. The highest BCUT2D eigenvalue weighted by molar-refractivity contribution is 6.19. The van der Waals surface area contributed by atoms with Gasteiger partial charge in [0.1, 0.15) is 0 Å². The number of aliphatic imine (C=N–C) groups is 2. The molecule has 0 amide bonds. The minimum Gasteiger partial charge on any atom is -0.309 e. The second-order valence-electron chi connectivity index (χ2n) is 17.9. The number of benzene rings is 6. The van der Waals surface area contributed by atoms with Crippen molar-refractivity contribution in [3.8, 4) is 16.8 Å². The molecule has 0 N–H and O–H groups in total. The molecule has 0 fully saturated rings. The normalized spacial score (nSPS) is 19.1. The van der Waals surface area contributed by atoms with Crippen molar-refractivity contribution in [3.63, 3.8) is 0 Å². The van der Waals surface area contributed by atoms with Crippen LogP contribution in [0.2, 0.25) is 0 Å². The summed E-state index contributed by atoms with van der Waals surface area (Å²) < 4.78 is 4.73. The van der Waals surface area contributed by atoms with Crippen LogP contribution < -0.4 is 0 Å².